The second-order valence-corrected chi connectivity index (χ2v) is 5.28. The molecule has 6 nitrogen and oxygen atoms in total. The van der Waals surface area contributed by atoms with Gasteiger partial charge in [-0.3, -0.25) is 19.9 Å². The molecule has 7 heteroatoms. The van der Waals surface area contributed by atoms with Gasteiger partial charge in [-0.05, 0) is 26.0 Å². The van der Waals surface area contributed by atoms with E-state index in [2.05, 4.69) is 15.3 Å². The molecule has 0 spiro atoms. The molecule has 0 fully saturated rings. The third kappa shape index (κ3) is 4.09. The van der Waals surface area contributed by atoms with Crippen molar-refractivity contribution in [3.8, 4) is 0 Å². The lowest BCUT2D eigenvalue weighted by atomic mass is 10.2. The Morgan fingerprint density at radius 1 is 1.33 bits per heavy atom. The summed E-state index contributed by atoms with van der Waals surface area (Å²) in [6.07, 6.45) is 3.27. The van der Waals surface area contributed by atoms with Gasteiger partial charge in [-0.2, -0.15) is 0 Å². The Balaban J connectivity index is 2.05. The van der Waals surface area contributed by atoms with Crippen molar-refractivity contribution in [1.82, 2.24) is 9.97 Å². The van der Waals surface area contributed by atoms with Crippen LogP contribution in [0.25, 0.3) is 0 Å². The number of ether oxygens (including phenoxy) is 1. The monoisotopic (exact) mass is 305 g/mol. The standard InChI is InChI=1S/C14H15N3O3S/c1-3-20-12(18)8-11-9(2)16-14(21-11)17-13(19)10-4-6-15-7-5-10/h4-7H,3,8H2,1-2H3,(H,16,17,19). The number of pyridine rings is 1. The summed E-state index contributed by atoms with van der Waals surface area (Å²) in [5, 5.41) is 3.18. The molecule has 0 bridgehead atoms. The Labute approximate surface area is 126 Å². The molecule has 0 saturated carbocycles. The average Bonchev–Trinajstić information content (AvgIpc) is 2.80. The van der Waals surface area contributed by atoms with E-state index in [1.807, 2.05) is 0 Å². The van der Waals surface area contributed by atoms with Gasteiger partial charge in [0.05, 0.1) is 18.7 Å². The van der Waals surface area contributed by atoms with Crippen LogP contribution in [0.1, 0.15) is 27.9 Å². The largest absolute Gasteiger partial charge is 0.466 e. The number of carbonyl (C=O) groups excluding carboxylic acids is 2. The highest BCUT2D eigenvalue weighted by Crippen LogP contribution is 2.23. The van der Waals surface area contributed by atoms with E-state index in [9.17, 15) is 9.59 Å². The summed E-state index contributed by atoms with van der Waals surface area (Å²) < 4.78 is 4.91. The van der Waals surface area contributed by atoms with Crippen LogP contribution in [0.5, 0.6) is 0 Å². The van der Waals surface area contributed by atoms with Crippen molar-refractivity contribution in [2.24, 2.45) is 0 Å². The van der Waals surface area contributed by atoms with E-state index in [0.29, 0.717) is 17.3 Å². The zero-order valence-electron chi connectivity index (χ0n) is 11.8. The molecule has 0 aliphatic heterocycles. The highest BCUT2D eigenvalue weighted by atomic mass is 32.1. The smallest absolute Gasteiger partial charge is 0.311 e. The maximum atomic E-state index is 12.0. The lowest BCUT2D eigenvalue weighted by Crippen LogP contribution is -2.11. The van der Waals surface area contributed by atoms with Crippen molar-refractivity contribution in [3.63, 3.8) is 0 Å². The van der Waals surface area contributed by atoms with Crippen molar-refractivity contribution in [2.45, 2.75) is 20.3 Å². The Hall–Kier alpha value is -2.28. The van der Waals surface area contributed by atoms with Gasteiger partial charge in [-0.1, -0.05) is 0 Å². The first kappa shape index (κ1) is 15.1. The van der Waals surface area contributed by atoms with Gasteiger partial charge in [-0.25, -0.2) is 4.98 Å². The number of carbonyl (C=O) groups is 2. The maximum Gasteiger partial charge on any atom is 0.311 e. The Morgan fingerprint density at radius 2 is 2.05 bits per heavy atom. The molecule has 0 atom stereocenters. The zero-order chi connectivity index (χ0) is 15.2. The number of nitrogens with one attached hydrogen (secondary N) is 1. The molecule has 1 N–H and O–H groups in total. The second kappa shape index (κ2) is 6.94. The van der Waals surface area contributed by atoms with E-state index in [1.54, 1.807) is 38.4 Å². The molecule has 21 heavy (non-hydrogen) atoms. The number of aryl methyl sites for hydroxylation is 1. The van der Waals surface area contributed by atoms with Crippen LogP contribution < -0.4 is 5.32 Å². The van der Waals surface area contributed by atoms with Crippen molar-refractivity contribution < 1.29 is 14.3 Å². The highest BCUT2D eigenvalue weighted by Gasteiger charge is 2.14. The van der Waals surface area contributed by atoms with Gasteiger partial charge in [0.15, 0.2) is 5.13 Å². The Morgan fingerprint density at radius 3 is 2.71 bits per heavy atom. The second-order valence-electron chi connectivity index (χ2n) is 4.20. The Bertz CT molecular complexity index is 640. The Kier molecular flexibility index (Phi) is 4.99. The third-order valence-corrected chi connectivity index (χ3v) is 3.74. The van der Waals surface area contributed by atoms with E-state index in [4.69, 9.17) is 4.74 Å². The first-order valence-corrected chi connectivity index (χ1v) is 7.25. The number of anilines is 1. The summed E-state index contributed by atoms with van der Waals surface area (Å²) in [5.74, 6) is -0.551. The quantitative estimate of drug-likeness (QED) is 0.856. The van der Waals surface area contributed by atoms with Gasteiger partial charge >= 0.3 is 5.97 Å². The molecule has 2 heterocycles. The van der Waals surface area contributed by atoms with Crippen LogP contribution in [0.15, 0.2) is 24.5 Å². The summed E-state index contributed by atoms with van der Waals surface area (Å²) in [6.45, 7) is 3.91. The van der Waals surface area contributed by atoms with Gasteiger partial charge < -0.3 is 4.74 Å². The topological polar surface area (TPSA) is 81.2 Å². The zero-order valence-corrected chi connectivity index (χ0v) is 12.6. The van der Waals surface area contributed by atoms with Gasteiger partial charge in [0.25, 0.3) is 5.91 Å². The number of hydrogen-bond donors (Lipinski definition) is 1. The highest BCUT2D eigenvalue weighted by molar-refractivity contribution is 7.16. The average molecular weight is 305 g/mol. The van der Waals surface area contributed by atoms with E-state index in [1.165, 1.54) is 11.3 Å². The molecule has 0 unspecified atom stereocenters. The minimum absolute atomic E-state index is 0.169. The number of esters is 1. The van der Waals surface area contributed by atoms with E-state index in [0.717, 1.165) is 10.6 Å². The summed E-state index contributed by atoms with van der Waals surface area (Å²) in [7, 11) is 0. The normalized spacial score (nSPS) is 10.2. The van der Waals surface area contributed by atoms with Crippen LogP contribution in [-0.4, -0.2) is 28.5 Å². The van der Waals surface area contributed by atoms with Crippen molar-refractivity contribution in [3.05, 3.63) is 40.7 Å². The van der Waals surface area contributed by atoms with Gasteiger partial charge in [0.2, 0.25) is 0 Å². The molecular weight excluding hydrogens is 290 g/mol. The van der Waals surface area contributed by atoms with E-state index >= 15 is 0 Å². The lowest BCUT2D eigenvalue weighted by Gasteiger charge is -2.00. The van der Waals surface area contributed by atoms with Gasteiger partial charge in [0.1, 0.15) is 0 Å². The van der Waals surface area contributed by atoms with Crippen LogP contribution in [0, 0.1) is 6.92 Å². The molecule has 2 aromatic rings. The summed E-state index contributed by atoms with van der Waals surface area (Å²) in [5.41, 5.74) is 1.22. The van der Waals surface area contributed by atoms with Gasteiger partial charge in [-0.15, -0.1) is 11.3 Å². The van der Waals surface area contributed by atoms with Crippen LogP contribution in [-0.2, 0) is 16.0 Å². The molecular formula is C14H15N3O3S. The van der Waals surface area contributed by atoms with Gasteiger partial charge in [0, 0.05) is 22.8 Å². The lowest BCUT2D eigenvalue weighted by molar-refractivity contribution is -0.142. The predicted octanol–water partition coefficient (Wildman–Crippen LogP) is 2.20. The molecule has 2 rings (SSSR count). The van der Waals surface area contributed by atoms with Crippen molar-refractivity contribution >= 4 is 28.3 Å². The van der Waals surface area contributed by atoms with Crippen molar-refractivity contribution in [2.75, 3.05) is 11.9 Å². The van der Waals surface area contributed by atoms with Crippen molar-refractivity contribution in [1.29, 1.82) is 0 Å². The molecule has 0 radical (unpaired) electrons. The molecule has 0 aliphatic rings. The number of aromatic nitrogens is 2. The molecule has 1 amide bonds. The van der Waals surface area contributed by atoms with E-state index in [-0.39, 0.29) is 18.3 Å². The fourth-order valence-electron chi connectivity index (χ4n) is 1.66. The first-order chi connectivity index (χ1) is 10.1. The number of thiazole rings is 1. The number of nitrogens with zero attached hydrogens (tertiary/aromatic N) is 2. The predicted molar refractivity (Wildman–Crippen MR) is 79.4 cm³/mol. The summed E-state index contributed by atoms with van der Waals surface area (Å²) >= 11 is 1.28. The molecule has 0 aliphatic carbocycles. The third-order valence-electron chi connectivity index (χ3n) is 2.67. The molecule has 0 saturated heterocycles. The van der Waals surface area contributed by atoms with Crippen LogP contribution in [0.4, 0.5) is 5.13 Å². The van der Waals surface area contributed by atoms with E-state index < -0.39 is 0 Å². The summed E-state index contributed by atoms with van der Waals surface area (Å²) in [4.78, 5) is 32.4. The molecule has 110 valence electrons. The minimum Gasteiger partial charge on any atom is -0.466 e. The SMILES string of the molecule is CCOC(=O)Cc1sc(NC(=O)c2ccncc2)nc1C. The molecule has 2 aromatic heterocycles. The fourth-order valence-corrected chi connectivity index (χ4v) is 2.60. The molecule has 0 aromatic carbocycles. The number of rotatable bonds is 5. The fraction of sp³-hybridized carbons (Fsp3) is 0.286. The number of amides is 1. The maximum absolute atomic E-state index is 12.0. The van der Waals surface area contributed by atoms with Crippen LogP contribution >= 0.6 is 11.3 Å². The summed E-state index contributed by atoms with van der Waals surface area (Å²) in [6, 6.07) is 3.24. The van der Waals surface area contributed by atoms with Crippen LogP contribution in [0.3, 0.4) is 0 Å². The first-order valence-electron chi connectivity index (χ1n) is 6.43. The van der Waals surface area contributed by atoms with Crippen LogP contribution in [0.2, 0.25) is 0 Å². The number of hydrogen-bond acceptors (Lipinski definition) is 6. The minimum atomic E-state index is -0.295.